The Morgan fingerprint density at radius 3 is 2.64 bits per heavy atom. The van der Waals surface area contributed by atoms with Gasteiger partial charge in [0.15, 0.2) is 13.1 Å². The van der Waals surface area contributed by atoms with Crippen molar-refractivity contribution in [3.8, 4) is 6.07 Å². The summed E-state index contributed by atoms with van der Waals surface area (Å²) in [5, 5.41) is 15.4. The number of hydrogen-bond donors (Lipinski definition) is 3. The quantitative estimate of drug-likeness (QED) is 0.611. The molecule has 2 aromatic rings. The van der Waals surface area contributed by atoms with Gasteiger partial charge >= 0.3 is 0 Å². The summed E-state index contributed by atoms with van der Waals surface area (Å²) in [4.78, 5) is 25.3. The third-order valence-electron chi connectivity index (χ3n) is 4.96. The molecule has 0 aromatic carbocycles. The number of likely N-dealkylation sites (N-methyl/N-ethyl adjacent to an activating group) is 1. The summed E-state index contributed by atoms with van der Waals surface area (Å²) in [7, 11) is 1.80. The Bertz CT molecular complexity index is 903. The molecule has 1 aliphatic rings. The first-order valence-corrected chi connectivity index (χ1v) is 9.41. The zero-order valence-electron chi connectivity index (χ0n) is 16.5. The number of hydrogen-bond acceptors (Lipinski definition) is 4. The molecule has 8 nitrogen and oxygen atoms in total. The van der Waals surface area contributed by atoms with E-state index < -0.39 is 0 Å². The number of aromatic nitrogens is 1. The van der Waals surface area contributed by atoms with Crippen molar-refractivity contribution in [1.29, 1.82) is 5.26 Å². The van der Waals surface area contributed by atoms with Crippen LogP contribution in [0, 0.1) is 25.2 Å². The number of amides is 2. The van der Waals surface area contributed by atoms with Gasteiger partial charge in [0.1, 0.15) is 17.6 Å². The van der Waals surface area contributed by atoms with Crippen molar-refractivity contribution in [2.24, 2.45) is 0 Å². The average Bonchev–Trinajstić information content (AvgIpc) is 3.23. The minimum absolute atomic E-state index is 0.0432. The molecule has 28 heavy (non-hydrogen) atoms. The molecule has 8 heteroatoms. The van der Waals surface area contributed by atoms with E-state index in [1.165, 1.54) is 0 Å². The largest absolute Gasteiger partial charge is 0.467 e. The average molecular weight is 384 g/mol. The summed E-state index contributed by atoms with van der Waals surface area (Å²) in [6, 6.07) is 6.15. The van der Waals surface area contributed by atoms with Gasteiger partial charge in [0.25, 0.3) is 11.8 Å². The van der Waals surface area contributed by atoms with Gasteiger partial charge in [-0.25, -0.2) is 0 Å². The summed E-state index contributed by atoms with van der Waals surface area (Å²) in [6.07, 6.45) is 3.66. The summed E-state index contributed by atoms with van der Waals surface area (Å²) in [6.45, 7) is 4.56. The Morgan fingerprint density at radius 2 is 2.04 bits per heavy atom. The van der Waals surface area contributed by atoms with Crippen LogP contribution in [0.4, 0.5) is 5.82 Å². The number of nitrogens with one attached hydrogen (secondary N) is 3. The van der Waals surface area contributed by atoms with Gasteiger partial charge in [-0.2, -0.15) is 5.26 Å². The molecule has 2 amide bonds. The highest BCUT2D eigenvalue weighted by molar-refractivity contribution is 5.92. The van der Waals surface area contributed by atoms with E-state index in [1.807, 2.05) is 24.5 Å². The minimum atomic E-state index is -0.244. The zero-order chi connectivity index (χ0) is 20.3. The third kappa shape index (κ3) is 4.61. The van der Waals surface area contributed by atoms with Gasteiger partial charge in [0.2, 0.25) is 0 Å². The number of carbonyl (C=O) groups is 2. The number of anilines is 1. The van der Waals surface area contributed by atoms with E-state index in [-0.39, 0.29) is 24.9 Å². The molecule has 148 valence electrons. The van der Waals surface area contributed by atoms with E-state index >= 15 is 0 Å². The number of nitriles is 1. The maximum absolute atomic E-state index is 12.6. The lowest BCUT2D eigenvalue weighted by molar-refractivity contribution is -0.862. The van der Waals surface area contributed by atoms with Gasteiger partial charge in [0.05, 0.1) is 25.4 Å². The van der Waals surface area contributed by atoms with Crippen molar-refractivity contribution >= 4 is 17.6 Å². The highest BCUT2D eigenvalue weighted by Gasteiger charge is 2.26. The van der Waals surface area contributed by atoms with Gasteiger partial charge < -0.3 is 24.5 Å². The molecule has 2 aromatic heterocycles. The maximum Gasteiger partial charge on any atom is 0.280 e. The Labute approximate surface area is 164 Å². The molecule has 1 unspecified atom stereocenters. The fourth-order valence-electron chi connectivity index (χ4n) is 3.18. The highest BCUT2D eigenvalue weighted by Crippen LogP contribution is 2.27. The van der Waals surface area contributed by atoms with Crippen LogP contribution in [0.3, 0.4) is 0 Å². The normalized spacial score (nSPS) is 14.4. The Balaban J connectivity index is 1.69. The van der Waals surface area contributed by atoms with Gasteiger partial charge in [-0.15, -0.1) is 0 Å². The SMILES string of the molecule is Cc1c(C#N)c(NC(=O)C[NH+](C)CC(=O)NC2CC2)n(Cc2ccco2)c1C. The standard InChI is InChI=1S/C20H25N5O3/c1-13-14(2)25(10-16-5-4-8-28-16)20(17(13)9-21)23-19(27)12-24(3)11-18(26)22-15-6-7-15/h4-5,8,15H,6-7,10-12H2,1-3H3,(H,22,26)(H,23,27)/p+1. The lowest BCUT2D eigenvalue weighted by Crippen LogP contribution is -3.11. The molecule has 0 saturated heterocycles. The topological polar surface area (TPSA) is 105 Å². The van der Waals surface area contributed by atoms with E-state index in [9.17, 15) is 14.9 Å². The van der Waals surface area contributed by atoms with Crippen LogP contribution >= 0.6 is 0 Å². The number of carbonyl (C=O) groups excluding carboxylic acids is 2. The van der Waals surface area contributed by atoms with Crippen molar-refractivity contribution in [3.63, 3.8) is 0 Å². The van der Waals surface area contributed by atoms with Crippen LogP contribution in [0.25, 0.3) is 0 Å². The summed E-state index contributed by atoms with van der Waals surface area (Å²) in [5.41, 5.74) is 2.17. The first-order chi connectivity index (χ1) is 13.4. The first kappa shape index (κ1) is 19.7. The predicted octanol–water partition coefficient (Wildman–Crippen LogP) is 0.350. The van der Waals surface area contributed by atoms with Crippen molar-refractivity contribution in [1.82, 2.24) is 9.88 Å². The molecule has 1 fully saturated rings. The van der Waals surface area contributed by atoms with Crippen LogP contribution in [0.15, 0.2) is 22.8 Å². The molecule has 2 heterocycles. The van der Waals surface area contributed by atoms with Gasteiger partial charge in [0, 0.05) is 11.7 Å². The molecule has 1 saturated carbocycles. The zero-order valence-corrected chi connectivity index (χ0v) is 16.5. The van der Waals surface area contributed by atoms with Crippen molar-refractivity contribution in [2.75, 3.05) is 25.5 Å². The van der Waals surface area contributed by atoms with Crippen LogP contribution in [0.2, 0.25) is 0 Å². The van der Waals surface area contributed by atoms with Gasteiger partial charge in [-0.05, 0) is 44.4 Å². The smallest absolute Gasteiger partial charge is 0.280 e. The monoisotopic (exact) mass is 384 g/mol. The van der Waals surface area contributed by atoms with Crippen LogP contribution in [0.1, 0.15) is 35.4 Å². The molecule has 0 spiro atoms. The molecular formula is C20H26N5O3+. The van der Waals surface area contributed by atoms with E-state index in [0.29, 0.717) is 24.0 Å². The molecule has 0 bridgehead atoms. The van der Waals surface area contributed by atoms with Crippen molar-refractivity contribution in [3.05, 3.63) is 41.0 Å². The summed E-state index contributed by atoms with van der Waals surface area (Å²) < 4.78 is 7.29. The molecular weight excluding hydrogens is 358 g/mol. The fraction of sp³-hybridized carbons (Fsp3) is 0.450. The predicted molar refractivity (Wildman–Crippen MR) is 103 cm³/mol. The summed E-state index contributed by atoms with van der Waals surface area (Å²) >= 11 is 0. The number of rotatable bonds is 8. The van der Waals surface area contributed by atoms with Gasteiger partial charge in [-0.3, -0.25) is 9.59 Å². The molecule has 3 rings (SSSR count). The number of quaternary nitrogens is 1. The second kappa shape index (κ2) is 8.31. The lowest BCUT2D eigenvalue weighted by atomic mass is 10.2. The number of nitrogens with zero attached hydrogens (tertiary/aromatic N) is 2. The molecule has 1 aliphatic carbocycles. The fourth-order valence-corrected chi connectivity index (χ4v) is 3.18. The van der Waals surface area contributed by atoms with E-state index in [1.54, 1.807) is 19.4 Å². The van der Waals surface area contributed by atoms with Crippen molar-refractivity contribution in [2.45, 2.75) is 39.3 Å². The Hall–Kier alpha value is -3.05. The summed E-state index contributed by atoms with van der Waals surface area (Å²) in [5.74, 6) is 0.913. The second-order valence-electron chi connectivity index (χ2n) is 7.41. The van der Waals surface area contributed by atoms with Crippen LogP contribution < -0.4 is 15.5 Å². The maximum atomic E-state index is 12.6. The van der Waals surface area contributed by atoms with E-state index in [0.717, 1.165) is 34.8 Å². The van der Waals surface area contributed by atoms with Gasteiger partial charge in [-0.1, -0.05) is 0 Å². The third-order valence-corrected chi connectivity index (χ3v) is 4.96. The molecule has 1 atom stereocenters. The Kier molecular flexibility index (Phi) is 5.85. The van der Waals surface area contributed by atoms with Crippen LogP contribution in [-0.2, 0) is 16.1 Å². The van der Waals surface area contributed by atoms with E-state index in [2.05, 4.69) is 16.7 Å². The highest BCUT2D eigenvalue weighted by atomic mass is 16.3. The minimum Gasteiger partial charge on any atom is -0.467 e. The molecule has 3 N–H and O–H groups in total. The van der Waals surface area contributed by atoms with Crippen LogP contribution in [0.5, 0.6) is 0 Å². The van der Waals surface area contributed by atoms with E-state index in [4.69, 9.17) is 4.42 Å². The molecule has 0 aliphatic heterocycles. The molecule has 0 radical (unpaired) electrons. The second-order valence-corrected chi connectivity index (χ2v) is 7.41. The Morgan fingerprint density at radius 1 is 1.32 bits per heavy atom. The van der Waals surface area contributed by atoms with Crippen molar-refractivity contribution < 1.29 is 18.9 Å². The lowest BCUT2D eigenvalue weighted by Gasteiger charge is -2.15. The first-order valence-electron chi connectivity index (χ1n) is 9.41. The number of furan rings is 1. The van der Waals surface area contributed by atoms with Crippen LogP contribution in [-0.4, -0.2) is 42.6 Å².